The van der Waals surface area contributed by atoms with Gasteiger partial charge in [-0.15, -0.1) is 11.8 Å². The van der Waals surface area contributed by atoms with Crippen molar-refractivity contribution in [2.24, 2.45) is 5.92 Å². The van der Waals surface area contributed by atoms with Crippen molar-refractivity contribution in [1.82, 2.24) is 5.32 Å². The molecule has 0 aromatic heterocycles. The van der Waals surface area contributed by atoms with Crippen LogP contribution in [0.5, 0.6) is 0 Å². The minimum Gasteiger partial charge on any atom is -0.392 e. The van der Waals surface area contributed by atoms with Gasteiger partial charge in [-0.05, 0) is 18.4 Å². The van der Waals surface area contributed by atoms with Gasteiger partial charge in [0.05, 0.1) is 6.10 Å². The van der Waals surface area contributed by atoms with E-state index in [0.717, 1.165) is 25.8 Å². The lowest BCUT2D eigenvalue weighted by Gasteiger charge is -2.11. The molecule has 0 aliphatic heterocycles. The van der Waals surface area contributed by atoms with Crippen LogP contribution < -0.4 is 5.32 Å². The Morgan fingerprint density at radius 3 is 2.63 bits per heavy atom. The molecule has 1 atom stereocenters. The highest BCUT2D eigenvalue weighted by molar-refractivity contribution is 5.14. The van der Waals surface area contributed by atoms with Crippen LogP contribution in [0, 0.1) is 17.8 Å². The molecule has 1 unspecified atom stereocenters. The lowest BCUT2D eigenvalue weighted by molar-refractivity contribution is 0.162. The second-order valence-electron chi connectivity index (χ2n) is 5.11. The van der Waals surface area contributed by atoms with Crippen LogP contribution >= 0.6 is 0 Å². The Balaban J connectivity index is 2.06. The van der Waals surface area contributed by atoms with E-state index in [1.807, 2.05) is 18.2 Å². The molecule has 2 heteroatoms. The average molecular weight is 259 g/mol. The van der Waals surface area contributed by atoms with Crippen LogP contribution in [-0.4, -0.2) is 24.3 Å². The molecule has 0 bridgehead atoms. The van der Waals surface area contributed by atoms with Crippen molar-refractivity contribution in [3.05, 3.63) is 35.9 Å². The van der Waals surface area contributed by atoms with Gasteiger partial charge in [0.15, 0.2) is 0 Å². The maximum atomic E-state index is 9.86. The topological polar surface area (TPSA) is 32.3 Å². The number of benzene rings is 1. The highest BCUT2D eigenvalue weighted by Crippen LogP contribution is 2.04. The molecule has 2 nitrogen and oxygen atoms in total. The van der Waals surface area contributed by atoms with Gasteiger partial charge in [0.25, 0.3) is 0 Å². The van der Waals surface area contributed by atoms with Crippen molar-refractivity contribution in [3.8, 4) is 11.8 Å². The molecule has 1 aromatic carbocycles. The van der Waals surface area contributed by atoms with Crippen LogP contribution in [0.25, 0.3) is 0 Å². The van der Waals surface area contributed by atoms with Crippen LogP contribution in [-0.2, 0) is 6.42 Å². The van der Waals surface area contributed by atoms with Crippen molar-refractivity contribution in [1.29, 1.82) is 0 Å². The van der Waals surface area contributed by atoms with Crippen LogP contribution in [0.4, 0.5) is 0 Å². The average Bonchev–Trinajstić information content (AvgIpc) is 2.41. The summed E-state index contributed by atoms with van der Waals surface area (Å²) in [7, 11) is 0. The standard InChI is InChI=1S/C17H25NO/c1-15(2)8-6-7-13-18-14-17(19)12-11-16-9-4-3-5-10-16/h3-5,9-10,15,17-19H,7,11-14H2,1-2H3. The molecule has 104 valence electrons. The molecule has 0 aliphatic carbocycles. The lowest BCUT2D eigenvalue weighted by atomic mass is 10.1. The number of aryl methyl sites for hydroxylation is 1. The van der Waals surface area contributed by atoms with Crippen molar-refractivity contribution in [2.45, 2.75) is 39.2 Å². The van der Waals surface area contributed by atoms with E-state index in [1.54, 1.807) is 0 Å². The van der Waals surface area contributed by atoms with Gasteiger partial charge in [0, 0.05) is 25.4 Å². The van der Waals surface area contributed by atoms with E-state index in [9.17, 15) is 5.11 Å². The molecule has 0 saturated heterocycles. The summed E-state index contributed by atoms with van der Waals surface area (Å²) >= 11 is 0. The molecule has 1 aromatic rings. The largest absolute Gasteiger partial charge is 0.392 e. The number of rotatable bonds is 7. The highest BCUT2D eigenvalue weighted by Gasteiger charge is 2.03. The lowest BCUT2D eigenvalue weighted by Crippen LogP contribution is -2.27. The first-order valence-electron chi connectivity index (χ1n) is 7.09. The molecule has 0 aliphatic rings. The summed E-state index contributed by atoms with van der Waals surface area (Å²) < 4.78 is 0. The molecule has 0 spiro atoms. The van der Waals surface area contributed by atoms with Crippen molar-refractivity contribution >= 4 is 0 Å². The predicted octanol–water partition coefficient (Wildman–Crippen LogP) is 2.62. The zero-order valence-electron chi connectivity index (χ0n) is 12.0. The fourth-order valence-electron chi connectivity index (χ4n) is 1.78. The Labute approximate surface area is 117 Å². The SMILES string of the molecule is CC(C)C#CCCNCC(O)CCc1ccccc1. The predicted molar refractivity (Wildman–Crippen MR) is 80.9 cm³/mol. The molecule has 1 rings (SSSR count). The van der Waals surface area contributed by atoms with E-state index < -0.39 is 0 Å². The van der Waals surface area contributed by atoms with Gasteiger partial charge in [-0.25, -0.2) is 0 Å². The second kappa shape index (κ2) is 9.61. The second-order valence-corrected chi connectivity index (χ2v) is 5.11. The van der Waals surface area contributed by atoms with E-state index >= 15 is 0 Å². The third kappa shape index (κ3) is 8.42. The van der Waals surface area contributed by atoms with Crippen LogP contribution in [0.2, 0.25) is 0 Å². The Kier molecular flexibility index (Phi) is 7.97. The molecular formula is C17H25NO. The van der Waals surface area contributed by atoms with Crippen LogP contribution in [0.3, 0.4) is 0 Å². The van der Waals surface area contributed by atoms with Crippen molar-refractivity contribution in [2.75, 3.05) is 13.1 Å². The molecule has 19 heavy (non-hydrogen) atoms. The third-order valence-electron chi connectivity index (χ3n) is 2.81. The molecular weight excluding hydrogens is 234 g/mol. The number of aliphatic hydroxyl groups is 1. The molecule has 0 saturated carbocycles. The molecule has 2 N–H and O–H groups in total. The number of aliphatic hydroxyl groups excluding tert-OH is 1. The first kappa shape index (κ1) is 15.8. The minimum atomic E-state index is -0.279. The van der Waals surface area contributed by atoms with E-state index in [4.69, 9.17) is 0 Å². The van der Waals surface area contributed by atoms with Crippen LogP contribution in [0.15, 0.2) is 30.3 Å². The van der Waals surface area contributed by atoms with E-state index in [2.05, 4.69) is 43.1 Å². The van der Waals surface area contributed by atoms with Gasteiger partial charge in [-0.2, -0.15) is 0 Å². The highest BCUT2D eigenvalue weighted by atomic mass is 16.3. The summed E-state index contributed by atoms with van der Waals surface area (Å²) in [5.41, 5.74) is 1.28. The monoisotopic (exact) mass is 259 g/mol. The van der Waals surface area contributed by atoms with Gasteiger partial charge >= 0.3 is 0 Å². The van der Waals surface area contributed by atoms with Crippen molar-refractivity contribution < 1.29 is 5.11 Å². The first-order valence-corrected chi connectivity index (χ1v) is 7.09. The number of nitrogens with one attached hydrogen (secondary N) is 1. The normalized spacial score (nSPS) is 12.0. The number of hydrogen-bond acceptors (Lipinski definition) is 2. The zero-order valence-corrected chi connectivity index (χ0v) is 12.0. The summed E-state index contributed by atoms with van der Waals surface area (Å²) in [6.07, 6.45) is 2.30. The van der Waals surface area contributed by atoms with E-state index in [0.29, 0.717) is 12.5 Å². The third-order valence-corrected chi connectivity index (χ3v) is 2.81. The number of hydrogen-bond donors (Lipinski definition) is 2. The fraction of sp³-hybridized carbons (Fsp3) is 0.529. The maximum absolute atomic E-state index is 9.86. The smallest absolute Gasteiger partial charge is 0.0667 e. The van der Waals surface area contributed by atoms with Gasteiger partial charge in [-0.1, -0.05) is 44.2 Å². The molecule has 0 radical (unpaired) electrons. The summed E-state index contributed by atoms with van der Waals surface area (Å²) in [4.78, 5) is 0. The minimum absolute atomic E-state index is 0.279. The van der Waals surface area contributed by atoms with Crippen molar-refractivity contribution in [3.63, 3.8) is 0 Å². The Hall–Kier alpha value is -1.30. The van der Waals surface area contributed by atoms with Gasteiger partial charge in [0.2, 0.25) is 0 Å². The molecule has 0 amide bonds. The van der Waals surface area contributed by atoms with Gasteiger partial charge in [0.1, 0.15) is 0 Å². The quantitative estimate of drug-likeness (QED) is 0.583. The van der Waals surface area contributed by atoms with Crippen LogP contribution in [0.1, 0.15) is 32.3 Å². The zero-order chi connectivity index (χ0) is 13.9. The molecule has 0 heterocycles. The Bertz CT molecular complexity index is 389. The molecule has 0 fully saturated rings. The Morgan fingerprint density at radius 1 is 1.21 bits per heavy atom. The maximum Gasteiger partial charge on any atom is 0.0667 e. The van der Waals surface area contributed by atoms with E-state index in [1.165, 1.54) is 5.56 Å². The summed E-state index contributed by atoms with van der Waals surface area (Å²) in [5.74, 6) is 6.69. The summed E-state index contributed by atoms with van der Waals surface area (Å²) in [6, 6.07) is 10.3. The van der Waals surface area contributed by atoms with E-state index in [-0.39, 0.29) is 6.10 Å². The van der Waals surface area contributed by atoms with Gasteiger partial charge in [-0.3, -0.25) is 0 Å². The Morgan fingerprint density at radius 2 is 1.95 bits per heavy atom. The summed E-state index contributed by atoms with van der Waals surface area (Å²) in [6.45, 7) is 5.68. The summed E-state index contributed by atoms with van der Waals surface area (Å²) in [5, 5.41) is 13.1. The fourth-order valence-corrected chi connectivity index (χ4v) is 1.78. The van der Waals surface area contributed by atoms with Gasteiger partial charge < -0.3 is 10.4 Å². The first-order chi connectivity index (χ1) is 9.18.